The van der Waals surface area contributed by atoms with Gasteiger partial charge in [0.15, 0.2) is 11.5 Å². The molecule has 1 rings (SSSR count). The van der Waals surface area contributed by atoms with Crippen LogP contribution in [-0.4, -0.2) is 20.8 Å². The van der Waals surface area contributed by atoms with Crippen molar-refractivity contribution < 1.29 is 9.47 Å². The molecule has 1 aromatic carbocycles. The summed E-state index contributed by atoms with van der Waals surface area (Å²) >= 11 is 3.47. The molecule has 0 aliphatic carbocycles. The fraction of sp³-hybridized carbons (Fsp3) is 0.455. The summed E-state index contributed by atoms with van der Waals surface area (Å²) in [7, 11) is 3.55. The van der Waals surface area contributed by atoms with E-state index in [-0.39, 0.29) is 0 Å². The molecule has 1 aromatic rings. The van der Waals surface area contributed by atoms with Crippen LogP contribution < -0.4 is 14.8 Å². The summed E-state index contributed by atoms with van der Waals surface area (Å²) in [5.41, 5.74) is 1.16. The maximum atomic E-state index is 5.51. The molecule has 0 spiro atoms. The van der Waals surface area contributed by atoms with Crippen LogP contribution in [-0.2, 0) is 6.54 Å². The molecule has 0 aliphatic heterocycles. The summed E-state index contributed by atoms with van der Waals surface area (Å²) in [6, 6.07) is 4.02. The number of rotatable bonds is 5. The molecule has 0 saturated heterocycles. The first-order valence-corrected chi connectivity index (χ1v) is 5.66. The predicted octanol–water partition coefficient (Wildman–Crippen LogP) is 2.58. The largest absolute Gasteiger partial charge is 0.492 e. The lowest BCUT2D eigenvalue weighted by atomic mass is 10.2. The normalized spacial score (nSPS) is 10.1. The average Bonchev–Trinajstić information content (AvgIpc) is 2.18. The van der Waals surface area contributed by atoms with Crippen LogP contribution in [0.5, 0.6) is 11.5 Å². The van der Waals surface area contributed by atoms with Gasteiger partial charge in [0.25, 0.3) is 0 Å². The lowest BCUT2D eigenvalue weighted by Crippen LogP contribution is -2.06. The molecule has 3 nitrogen and oxygen atoms in total. The van der Waals surface area contributed by atoms with Crippen molar-refractivity contribution in [2.75, 3.05) is 20.8 Å². The molecule has 0 unspecified atom stereocenters. The van der Waals surface area contributed by atoms with Crippen molar-refractivity contribution >= 4 is 15.9 Å². The Balaban J connectivity index is 3.07. The van der Waals surface area contributed by atoms with E-state index in [1.165, 1.54) is 0 Å². The lowest BCUT2D eigenvalue weighted by molar-refractivity contribution is 0.309. The highest BCUT2D eigenvalue weighted by atomic mass is 79.9. The Morgan fingerprint density at radius 2 is 2.13 bits per heavy atom. The minimum atomic E-state index is 0.631. The van der Waals surface area contributed by atoms with Gasteiger partial charge in [-0.3, -0.25) is 0 Å². The molecule has 0 amide bonds. The summed E-state index contributed by atoms with van der Waals surface area (Å²) in [6.07, 6.45) is 0. The smallest absolute Gasteiger partial charge is 0.174 e. The first-order valence-electron chi connectivity index (χ1n) is 4.86. The summed E-state index contributed by atoms with van der Waals surface area (Å²) in [5.74, 6) is 1.52. The molecule has 0 aromatic heterocycles. The molecule has 0 saturated carbocycles. The van der Waals surface area contributed by atoms with Gasteiger partial charge in [0.2, 0.25) is 0 Å². The van der Waals surface area contributed by atoms with Gasteiger partial charge < -0.3 is 14.8 Å². The maximum Gasteiger partial charge on any atom is 0.174 e. The van der Waals surface area contributed by atoms with E-state index in [1.54, 1.807) is 7.11 Å². The molecule has 15 heavy (non-hydrogen) atoms. The van der Waals surface area contributed by atoms with Crippen molar-refractivity contribution in [1.82, 2.24) is 5.32 Å². The van der Waals surface area contributed by atoms with Gasteiger partial charge in [-0.1, -0.05) is 0 Å². The number of methoxy groups -OCH3 is 1. The second kappa shape index (κ2) is 5.98. The van der Waals surface area contributed by atoms with Crippen molar-refractivity contribution in [3.05, 3.63) is 22.2 Å². The number of ether oxygens (including phenoxy) is 2. The molecule has 0 fully saturated rings. The van der Waals surface area contributed by atoms with Crippen LogP contribution in [0.25, 0.3) is 0 Å². The second-order valence-electron chi connectivity index (χ2n) is 3.07. The van der Waals surface area contributed by atoms with Gasteiger partial charge in [0.1, 0.15) is 0 Å². The van der Waals surface area contributed by atoms with Crippen LogP contribution in [0.15, 0.2) is 16.6 Å². The SMILES string of the molecule is CCOc1cc(CNC)cc(Br)c1OC. The summed E-state index contributed by atoms with van der Waals surface area (Å²) in [4.78, 5) is 0. The molecular formula is C11H16BrNO2. The Morgan fingerprint density at radius 3 is 2.67 bits per heavy atom. The first kappa shape index (κ1) is 12.3. The van der Waals surface area contributed by atoms with Crippen molar-refractivity contribution in [3.63, 3.8) is 0 Å². The maximum absolute atomic E-state index is 5.51. The Hall–Kier alpha value is -0.740. The van der Waals surface area contributed by atoms with Crippen LogP contribution in [0, 0.1) is 0 Å². The third-order valence-corrected chi connectivity index (χ3v) is 2.54. The van der Waals surface area contributed by atoms with Gasteiger partial charge in [0, 0.05) is 6.54 Å². The standard InChI is InChI=1S/C11H16BrNO2/c1-4-15-10-6-8(7-13-2)5-9(12)11(10)14-3/h5-6,13H,4,7H2,1-3H3. The predicted molar refractivity (Wildman–Crippen MR) is 64.6 cm³/mol. The number of hydrogen-bond acceptors (Lipinski definition) is 3. The molecular weight excluding hydrogens is 258 g/mol. The van der Waals surface area contributed by atoms with E-state index in [4.69, 9.17) is 9.47 Å². The van der Waals surface area contributed by atoms with E-state index in [1.807, 2.05) is 26.1 Å². The van der Waals surface area contributed by atoms with E-state index in [2.05, 4.69) is 21.2 Å². The topological polar surface area (TPSA) is 30.5 Å². The highest BCUT2D eigenvalue weighted by molar-refractivity contribution is 9.10. The third kappa shape index (κ3) is 3.11. The van der Waals surface area contributed by atoms with Crippen molar-refractivity contribution in [1.29, 1.82) is 0 Å². The fourth-order valence-electron chi connectivity index (χ4n) is 1.39. The van der Waals surface area contributed by atoms with Crippen LogP contribution in [0.1, 0.15) is 12.5 Å². The van der Waals surface area contributed by atoms with E-state index in [9.17, 15) is 0 Å². The van der Waals surface area contributed by atoms with E-state index in [0.717, 1.165) is 28.1 Å². The molecule has 0 aliphatic rings. The molecule has 0 atom stereocenters. The van der Waals surface area contributed by atoms with E-state index < -0.39 is 0 Å². The summed E-state index contributed by atoms with van der Waals surface area (Å²) in [5, 5.41) is 3.10. The number of nitrogens with one attached hydrogen (secondary N) is 1. The average molecular weight is 274 g/mol. The van der Waals surface area contributed by atoms with Gasteiger partial charge in [-0.2, -0.15) is 0 Å². The van der Waals surface area contributed by atoms with Crippen molar-refractivity contribution in [2.45, 2.75) is 13.5 Å². The van der Waals surface area contributed by atoms with Crippen molar-refractivity contribution in [2.24, 2.45) is 0 Å². The van der Waals surface area contributed by atoms with Crippen LogP contribution in [0.3, 0.4) is 0 Å². The molecule has 1 N–H and O–H groups in total. The molecule has 0 heterocycles. The Bertz CT molecular complexity index is 329. The fourth-order valence-corrected chi connectivity index (χ4v) is 2.04. The monoisotopic (exact) mass is 273 g/mol. The van der Waals surface area contributed by atoms with E-state index in [0.29, 0.717) is 6.61 Å². The zero-order chi connectivity index (χ0) is 11.3. The molecule has 84 valence electrons. The molecule has 0 bridgehead atoms. The van der Waals surface area contributed by atoms with Gasteiger partial charge in [-0.25, -0.2) is 0 Å². The van der Waals surface area contributed by atoms with Gasteiger partial charge in [-0.05, 0) is 47.6 Å². The third-order valence-electron chi connectivity index (χ3n) is 1.95. The summed E-state index contributed by atoms with van der Waals surface area (Å²) < 4.78 is 11.7. The van der Waals surface area contributed by atoms with Gasteiger partial charge in [-0.15, -0.1) is 0 Å². The second-order valence-corrected chi connectivity index (χ2v) is 3.93. The first-order chi connectivity index (χ1) is 7.22. The minimum absolute atomic E-state index is 0.631. The quantitative estimate of drug-likeness (QED) is 0.895. The number of benzene rings is 1. The lowest BCUT2D eigenvalue weighted by Gasteiger charge is -2.13. The zero-order valence-electron chi connectivity index (χ0n) is 9.26. The zero-order valence-corrected chi connectivity index (χ0v) is 10.8. The molecule has 0 radical (unpaired) electrons. The highest BCUT2D eigenvalue weighted by Gasteiger charge is 2.10. The Kier molecular flexibility index (Phi) is 4.91. The Labute approximate surface area is 98.9 Å². The Morgan fingerprint density at radius 1 is 1.40 bits per heavy atom. The van der Waals surface area contributed by atoms with Crippen molar-refractivity contribution in [3.8, 4) is 11.5 Å². The number of hydrogen-bond donors (Lipinski definition) is 1. The highest BCUT2D eigenvalue weighted by Crippen LogP contribution is 2.36. The van der Waals surface area contributed by atoms with Gasteiger partial charge >= 0.3 is 0 Å². The van der Waals surface area contributed by atoms with Crippen LogP contribution in [0.4, 0.5) is 0 Å². The minimum Gasteiger partial charge on any atom is -0.492 e. The summed E-state index contributed by atoms with van der Waals surface area (Å²) in [6.45, 7) is 3.40. The van der Waals surface area contributed by atoms with Gasteiger partial charge in [0.05, 0.1) is 18.2 Å². The number of halogens is 1. The van der Waals surface area contributed by atoms with Crippen LogP contribution >= 0.6 is 15.9 Å². The molecule has 4 heteroatoms. The van der Waals surface area contributed by atoms with E-state index >= 15 is 0 Å². The van der Waals surface area contributed by atoms with Crippen LogP contribution in [0.2, 0.25) is 0 Å².